The van der Waals surface area contributed by atoms with Crippen molar-refractivity contribution in [3.8, 4) is 0 Å². The lowest BCUT2D eigenvalue weighted by molar-refractivity contribution is -0.122. The van der Waals surface area contributed by atoms with Gasteiger partial charge >= 0.3 is 0 Å². The lowest BCUT2D eigenvalue weighted by Gasteiger charge is -2.29. The first-order valence-electron chi connectivity index (χ1n) is 6.40. The van der Waals surface area contributed by atoms with Crippen molar-refractivity contribution in [1.29, 1.82) is 0 Å². The second-order valence-electron chi connectivity index (χ2n) is 4.46. The second-order valence-corrected chi connectivity index (χ2v) is 4.46. The van der Waals surface area contributed by atoms with Gasteiger partial charge in [0, 0.05) is 18.8 Å². The van der Waals surface area contributed by atoms with Gasteiger partial charge in [-0.15, -0.1) is 12.4 Å². The smallest absolute Gasteiger partial charge is 0.231 e. The van der Waals surface area contributed by atoms with Crippen LogP contribution in [-0.2, 0) is 4.79 Å². The normalized spacial score (nSPS) is 18.8. The van der Waals surface area contributed by atoms with Crippen molar-refractivity contribution in [2.24, 2.45) is 5.92 Å². The van der Waals surface area contributed by atoms with Gasteiger partial charge < -0.3 is 10.2 Å². The molecule has 1 aromatic rings. The van der Waals surface area contributed by atoms with Gasteiger partial charge in [0.2, 0.25) is 5.91 Å². The number of amides is 1. The molecule has 1 aliphatic rings. The highest BCUT2D eigenvalue weighted by molar-refractivity contribution is 5.95. The molecule has 1 aromatic carbocycles. The number of benzene rings is 1. The van der Waals surface area contributed by atoms with Crippen molar-refractivity contribution in [2.75, 3.05) is 24.5 Å². The molecule has 18 heavy (non-hydrogen) atoms. The average Bonchev–Trinajstić information content (AvgIpc) is 2.42. The molecule has 1 heterocycles. The fourth-order valence-corrected chi connectivity index (χ4v) is 2.36. The summed E-state index contributed by atoms with van der Waals surface area (Å²) < 4.78 is 0. The van der Waals surface area contributed by atoms with Gasteiger partial charge in [-0.05, 0) is 38.4 Å². The molecule has 0 aromatic heterocycles. The Kier molecular flexibility index (Phi) is 6.16. The predicted molar refractivity (Wildman–Crippen MR) is 77.3 cm³/mol. The first-order chi connectivity index (χ1) is 8.33. The largest absolute Gasteiger partial charge is 0.316 e. The number of halogens is 1. The lowest BCUT2D eigenvalue weighted by Crippen LogP contribution is -2.43. The van der Waals surface area contributed by atoms with E-state index in [9.17, 15) is 4.79 Å². The number of para-hydroxylation sites is 1. The first-order valence-corrected chi connectivity index (χ1v) is 6.40. The van der Waals surface area contributed by atoms with Crippen molar-refractivity contribution in [1.82, 2.24) is 5.32 Å². The van der Waals surface area contributed by atoms with Crippen LogP contribution in [0, 0.1) is 5.92 Å². The van der Waals surface area contributed by atoms with E-state index in [1.807, 2.05) is 42.2 Å². The highest BCUT2D eigenvalue weighted by atomic mass is 35.5. The molecule has 3 nitrogen and oxygen atoms in total. The standard InChI is InChI=1S/C14H20N2O.ClH/c1-2-16(13-8-4-3-5-9-13)14(17)12-7-6-10-15-11-12;/h3-5,8-9,12,15H,2,6-7,10-11H2,1H3;1H. The summed E-state index contributed by atoms with van der Waals surface area (Å²) in [5, 5.41) is 3.30. The number of piperidine rings is 1. The van der Waals surface area contributed by atoms with Crippen LogP contribution < -0.4 is 10.2 Å². The molecule has 1 fully saturated rings. The van der Waals surface area contributed by atoms with Crippen molar-refractivity contribution >= 4 is 24.0 Å². The minimum Gasteiger partial charge on any atom is -0.316 e. The molecule has 2 rings (SSSR count). The number of hydrogen-bond acceptors (Lipinski definition) is 2. The molecule has 1 aliphatic heterocycles. The average molecular weight is 269 g/mol. The maximum atomic E-state index is 12.4. The van der Waals surface area contributed by atoms with E-state index < -0.39 is 0 Å². The van der Waals surface area contributed by atoms with Gasteiger partial charge in [-0.25, -0.2) is 0 Å². The molecule has 1 saturated heterocycles. The predicted octanol–water partition coefficient (Wildman–Crippen LogP) is 2.46. The van der Waals surface area contributed by atoms with Gasteiger partial charge in [0.1, 0.15) is 0 Å². The summed E-state index contributed by atoms with van der Waals surface area (Å²) in [4.78, 5) is 14.3. The highest BCUT2D eigenvalue weighted by Gasteiger charge is 2.25. The number of carbonyl (C=O) groups is 1. The summed E-state index contributed by atoms with van der Waals surface area (Å²) in [6.45, 7) is 4.63. The molecule has 0 bridgehead atoms. The molecule has 1 N–H and O–H groups in total. The maximum absolute atomic E-state index is 12.4. The quantitative estimate of drug-likeness (QED) is 0.913. The van der Waals surface area contributed by atoms with Gasteiger partial charge in [0.25, 0.3) is 0 Å². The summed E-state index contributed by atoms with van der Waals surface area (Å²) in [5.74, 6) is 0.398. The van der Waals surface area contributed by atoms with E-state index in [2.05, 4.69) is 5.32 Å². The topological polar surface area (TPSA) is 32.3 Å². The van der Waals surface area contributed by atoms with Gasteiger partial charge in [-0.2, -0.15) is 0 Å². The van der Waals surface area contributed by atoms with E-state index >= 15 is 0 Å². The minimum atomic E-state index is 0. The Labute approximate surface area is 115 Å². The van der Waals surface area contributed by atoms with Crippen molar-refractivity contribution in [3.05, 3.63) is 30.3 Å². The van der Waals surface area contributed by atoms with Crippen molar-refractivity contribution in [3.63, 3.8) is 0 Å². The van der Waals surface area contributed by atoms with Crippen LogP contribution >= 0.6 is 12.4 Å². The third kappa shape index (κ3) is 3.47. The Balaban J connectivity index is 0.00000162. The zero-order valence-corrected chi connectivity index (χ0v) is 11.6. The Morgan fingerprint density at radius 2 is 2.11 bits per heavy atom. The maximum Gasteiger partial charge on any atom is 0.231 e. The van der Waals surface area contributed by atoms with Crippen LogP contribution in [0.1, 0.15) is 19.8 Å². The fourth-order valence-electron chi connectivity index (χ4n) is 2.36. The molecule has 4 heteroatoms. The minimum absolute atomic E-state index is 0. The summed E-state index contributed by atoms with van der Waals surface area (Å²) in [6, 6.07) is 9.92. The van der Waals surface area contributed by atoms with Gasteiger partial charge in [0.05, 0.1) is 5.92 Å². The number of hydrogen-bond donors (Lipinski definition) is 1. The van der Waals surface area contributed by atoms with Crippen LogP contribution in [0.15, 0.2) is 30.3 Å². The first kappa shape index (κ1) is 15.0. The molecule has 0 radical (unpaired) electrons. The SMILES string of the molecule is CCN(C(=O)C1CCCNC1)c1ccccc1.Cl. The summed E-state index contributed by atoms with van der Waals surface area (Å²) in [7, 11) is 0. The Hall–Kier alpha value is -1.06. The van der Waals surface area contributed by atoms with Crippen LogP contribution in [-0.4, -0.2) is 25.5 Å². The summed E-state index contributed by atoms with van der Waals surface area (Å²) in [5.41, 5.74) is 1.01. The molecule has 0 saturated carbocycles. The zero-order valence-electron chi connectivity index (χ0n) is 10.8. The number of anilines is 1. The van der Waals surface area contributed by atoms with E-state index in [0.29, 0.717) is 0 Å². The number of rotatable bonds is 3. The summed E-state index contributed by atoms with van der Waals surface area (Å²) in [6.07, 6.45) is 2.11. The van der Waals surface area contributed by atoms with Gasteiger partial charge in [-0.1, -0.05) is 18.2 Å². The van der Waals surface area contributed by atoms with Crippen molar-refractivity contribution in [2.45, 2.75) is 19.8 Å². The van der Waals surface area contributed by atoms with E-state index in [-0.39, 0.29) is 24.2 Å². The molecular formula is C14H21ClN2O. The summed E-state index contributed by atoms with van der Waals surface area (Å²) >= 11 is 0. The van der Waals surface area contributed by atoms with E-state index in [0.717, 1.165) is 38.2 Å². The molecule has 1 amide bonds. The van der Waals surface area contributed by atoms with Gasteiger partial charge in [0.15, 0.2) is 0 Å². The number of nitrogens with zero attached hydrogens (tertiary/aromatic N) is 1. The van der Waals surface area contributed by atoms with E-state index in [4.69, 9.17) is 0 Å². The molecule has 1 unspecified atom stereocenters. The van der Waals surface area contributed by atoms with Crippen LogP contribution in [0.2, 0.25) is 0 Å². The number of carbonyl (C=O) groups excluding carboxylic acids is 1. The zero-order chi connectivity index (χ0) is 12.1. The molecule has 100 valence electrons. The Morgan fingerprint density at radius 1 is 1.39 bits per heavy atom. The fraction of sp³-hybridized carbons (Fsp3) is 0.500. The third-order valence-corrected chi connectivity index (χ3v) is 3.30. The van der Waals surface area contributed by atoms with E-state index in [1.165, 1.54) is 0 Å². The Bertz CT molecular complexity index is 363. The monoisotopic (exact) mass is 268 g/mol. The van der Waals surface area contributed by atoms with Crippen molar-refractivity contribution < 1.29 is 4.79 Å². The second kappa shape index (κ2) is 7.39. The highest BCUT2D eigenvalue weighted by Crippen LogP contribution is 2.19. The van der Waals surface area contributed by atoms with Crippen LogP contribution in [0.5, 0.6) is 0 Å². The molecular weight excluding hydrogens is 248 g/mol. The van der Waals surface area contributed by atoms with E-state index in [1.54, 1.807) is 0 Å². The Morgan fingerprint density at radius 3 is 2.67 bits per heavy atom. The molecule has 1 atom stereocenters. The van der Waals surface area contributed by atoms with Crippen LogP contribution in [0.25, 0.3) is 0 Å². The van der Waals surface area contributed by atoms with Crippen LogP contribution in [0.4, 0.5) is 5.69 Å². The van der Waals surface area contributed by atoms with Gasteiger partial charge in [-0.3, -0.25) is 4.79 Å². The lowest BCUT2D eigenvalue weighted by atomic mass is 9.98. The molecule has 0 aliphatic carbocycles. The molecule has 0 spiro atoms. The van der Waals surface area contributed by atoms with Crippen LogP contribution in [0.3, 0.4) is 0 Å². The number of nitrogens with one attached hydrogen (secondary N) is 1. The third-order valence-electron chi connectivity index (χ3n) is 3.30.